The summed E-state index contributed by atoms with van der Waals surface area (Å²) in [7, 11) is 2.13. The van der Waals surface area contributed by atoms with Gasteiger partial charge in [-0.25, -0.2) is 4.98 Å². The molecule has 0 aliphatic carbocycles. The van der Waals surface area contributed by atoms with E-state index in [1.807, 2.05) is 49.5 Å². The van der Waals surface area contributed by atoms with E-state index in [2.05, 4.69) is 27.1 Å². The number of carbonyl (C=O) groups is 1. The van der Waals surface area contributed by atoms with Gasteiger partial charge in [0.25, 0.3) is 5.91 Å². The lowest BCUT2D eigenvalue weighted by molar-refractivity contribution is 0.0997. The molecule has 2 aromatic heterocycles. The maximum Gasteiger partial charge on any atom is 0.292 e. The van der Waals surface area contributed by atoms with Crippen LogP contribution in [0.25, 0.3) is 11.0 Å². The maximum atomic E-state index is 12.6. The number of amides is 1. The molecule has 0 unspecified atom stereocenters. The van der Waals surface area contributed by atoms with Crippen LogP contribution in [-0.4, -0.2) is 49.0 Å². The van der Waals surface area contributed by atoms with Crippen LogP contribution >= 0.6 is 0 Å². The van der Waals surface area contributed by atoms with Crippen LogP contribution in [0.1, 0.15) is 16.1 Å². The molecule has 3 heterocycles. The number of piperazine rings is 1. The van der Waals surface area contributed by atoms with E-state index < -0.39 is 0 Å². The normalized spacial score (nSPS) is 15.4. The quantitative estimate of drug-likeness (QED) is 0.786. The number of fused-ring (bicyclic) bond motifs is 1. The SMILES string of the molecule is Cc1c(C(=O)Nc2ccc(N3CCN(C)CC3)cn2)oc2ccccc12. The van der Waals surface area contributed by atoms with Crippen LogP contribution in [0, 0.1) is 6.92 Å². The Morgan fingerprint density at radius 1 is 1.12 bits per heavy atom. The van der Waals surface area contributed by atoms with Gasteiger partial charge in [0.05, 0.1) is 11.9 Å². The Balaban J connectivity index is 1.48. The Kier molecular flexibility index (Phi) is 4.34. The van der Waals surface area contributed by atoms with Crippen molar-refractivity contribution >= 4 is 28.4 Å². The number of nitrogens with zero attached hydrogens (tertiary/aromatic N) is 3. The molecule has 134 valence electrons. The third kappa shape index (κ3) is 3.15. The number of aryl methyl sites for hydroxylation is 1. The van der Waals surface area contributed by atoms with Crippen molar-refractivity contribution < 1.29 is 9.21 Å². The molecule has 0 saturated carbocycles. The number of likely N-dealkylation sites (N-methyl/N-ethyl adjacent to an activating group) is 1. The maximum absolute atomic E-state index is 12.6. The van der Waals surface area contributed by atoms with Crippen LogP contribution in [-0.2, 0) is 0 Å². The third-order valence-electron chi connectivity index (χ3n) is 4.91. The van der Waals surface area contributed by atoms with Crippen molar-refractivity contribution in [3.63, 3.8) is 0 Å². The Hall–Kier alpha value is -2.86. The zero-order valence-electron chi connectivity index (χ0n) is 15.0. The standard InChI is InChI=1S/C20H22N4O2/c1-14-16-5-3-4-6-17(16)26-19(14)20(25)22-18-8-7-15(13-21-18)24-11-9-23(2)10-12-24/h3-8,13H,9-12H2,1-2H3,(H,21,22,25). The molecule has 1 amide bonds. The Morgan fingerprint density at radius 3 is 2.58 bits per heavy atom. The van der Waals surface area contributed by atoms with Gasteiger partial charge in [0.1, 0.15) is 11.4 Å². The van der Waals surface area contributed by atoms with Crippen molar-refractivity contribution in [2.75, 3.05) is 43.4 Å². The number of aromatic nitrogens is 1. The minimum Gasteiger partial charge on any atom is -0.451 e. The van der Waals surface area contributed by atoms with E-state index in [1.54, 1.807) is 0 Å². The molecule has 3 aromatic rings. The van der Waals surface area contributed by atoms with Gasteiger partial charge in [0.15, 0.2) is 5.76 Å². The molecule has 1 saturated heterocycles. The number of hydrogen-bond acceptors (Lipinski definition) is 5. The smallest absolute Gasteiger partial charge is 0.292 e. The van der Waals surface area contributed by atoms with E-state index >= 15 is 0 Å². The Morgan fingerprint density at radius 2 is 1.88 bits per heavy atom. The molecule has 0 bridgehead atoms. The molecule has 1 N–H and O–H groups in total. The van der Waals surface area contributed by atoms with Crippen LogP contribution in [0.2, 0.25) is 0 Å². The number of benzene rings is 1. The molecule has 0 atom stereocenters. The summed E-state index contributed by atoms with van der Waals surface area (Å²) in [6, 6.07) is 11.5. The van der Waals surface area contributed by atoms with Gasteiger partial charge in [-0.05, 0) is 32.2 Å². The predicted octanol–water partition coefficient (Wildman–Crippen LogP) is 3.14. The van der Waals surface area contributed by atoms with Gasteiger partial charge in [-0.3, -0.25) is 4.79 Å². The van der Waals surface area contributed by atoms with E-state index in [9.17, 15) is 4.79 Å². The van der Waals surface area contributed by atoms with Crippen molar-refractivity contribution in [1.82, 2.24) is 9.88 Å². The van der Waals surface area contributed by atoms with Gasteiger partial charge in [-0.1, -0.05) is 18.2 Å². The van der Waals surface area contributed by atoms with E-state index in [1.165, 1.54) is 0 Å². The third-order valence-corrected chi connectivity index (χ3v) is 4.91. The number of furan rings is 1. The highest BCUT2D eigenvalue weighted by atomic mass is 16.3. The molecule has 0 spiro atoms. The van der Waals surface area contributed by atoms with Gasteiger partial charge in [0.2, 0.25) is 0 Å². The van der Waals surface area contributed by atoms with Crippen molar-refractivity contribution in [2.45, 2.75) is 6.92 Å². The number of para-hydroxylation sites is 1. The lowest BCUT2D eigenvalue weighted by Gasteiger charge is -2.33. The summed E-state index contributed by atoms with van der Waals surface area (Å²) in [4.78, 5) is 21.6. The highest BCUT2D eigenvalue weighted by molar-refractivity contribution is 6.06. The summed E-state index contributed by atoms with van der Waals surface area (Å²) in [5, 5.41) is 3.78. The lowest BCUT2D eigenvalue weighted by Crippen LogP contribution is -2.44. The highest BCUT2D eigenvalue weighted by Crippen LogP contribution is 2.25. The molecule has 6 heteroatoms. The molecule has 6 nitrogen and oxygen atoms in total. The summed E-state index contributed by atoms with van der Waals surface area (Å²) >= 11 is 0. The summed E-state index contributed by atoms with van der Waals surface area (Å²) < 4.78 is 5.71. The fourth-order valence-electron chi connectivity index (χ4n) is 3.28. The molecule has 1 aliphatic rings. The molecule has 26 heavy (non-hydrogen) atoms. The second-order valence-electron chi connectivity index (χ2n) is 6.70. The Bertz CT molecular complexity index is 925. The molecular weight excluding hydrogens is 328 g/mol. The highest BCUT2D eigenvalue weighted by Gasteiger charge is 2.18. The van der Waals surface area contributed by atoms with Gasteiger partial charge >= 0.3 is 0 Å². The van der Waals surface area contributed by atoms with Crippen LogP contribution < -0.4 is 10.2 Å². The van der Waals surface area contributed by atoms with Crippen molar-refractivity contribution in [3.05, 3.63) is 53.9 Å². The number of anilines is 2. The van der Waals surface area contributed by atoms with Gasteiger partial charge in [0, 0.05) is 37.1 Å². The van der Waals surface area contributed by atoms with E-state index in [-0.39, 0.29) is 5.91 Å². The van der Waals surface area contributed by atoms with E-state index in [4.69, 9.17) is 4.42 Å². The van der Waals surface area contributed by atoms with Crippen molar-refractivity contribution in [1.29, 1.82) is 0 Å². The average molecular weight is 350 g/mol. The molecule has 0 radical (unpaired) electrons. The number of nitrogens with one attached hydrogen (secondary N) is 1. The lowest BCUT2D eigenvalue weighted by atomic mass is 10.1. The zero-order valence-corrected chi connectivity index (χ0v) is 15.0. The number of pyridine rings is 1. The fourth-order valence-corrected chi connectivity index (χ4v) is 3.28. The first-order valence-electron chi connectivity index (χ1n) is 8.81. The minimum absolute atomic E-state index is 0.279. The summed E-state index contributed by atoms with van der Waals surface area (Å²) in [5.74, 6) is 0.572. The summed E-state index contributed by atoms with van der Waals surface area (Å²) in [5.41, 5.74) is 2.64. The molecule has 1 aromatic carbocycles. The van der Waals surface area contributed by atoms with Crippen LogP contribution in [0.5, 0.6) is 0 Å². The van der Waals surface area contributed by atoms with Gasteiger partial charge < -0.3 is 19.5 Å². The predicted molar refractivity (Wildman–Crippen MR) is 103 cm³/mol. The van der Waals surface area contributed by atoms with Crippen molar-refractivity contribution in [3.8, 4) is 0 Å². The monoisotopic (exact) mass is 350 g/mol. The largest absolute Gasteiger partial charge is 0.451 e. The molecular formula is C20H22N4O2. The number of carbonyl (C=O) groups excluding carboxylic acids is 1. The summed E-state index contributed by atoms with van der Waals surface area (Å²) in [6.07, 6.45) is 1.81. The molecule has 1 aliphatic heterocycles. The zero-order chi connectivity index (χ0) is 18.1. The van der Waals surface area contributed by atoms with Crippen LogP contribution in [0.3, 0.4) is 0 Å². The Labute approximate surface area is 152 Å². The van der Waals surface area contributed by atoms with Gasteiger partial charge in [-0.2, -0.15) is 0 Å². The number of rotatable bonds is 3. The van der Waals surface area contributed by atoms with Crippen LogP contribution in [0.15, 0.2) is 47.0 Å². The van der Waals surface area contributed by atoms with Crippen LogP contribution in [0.4, 0.5) is 11.5 Å². The first-order chi connectivity index (χ1) is 12.6. The average Bonchev–Trinajstić information content (AvgIpc) is 3.00. The first kappa shape index (κ1) is 16.6. The molecule has 4 rings (SSSR count). The minimum atomic E-state index is -0.279. The topological polar surface area (TPSA) is 61.6 Å². The molecule has 1 fully saturated rings. The van der Waals surface area contributed by atoms with Crippen molar-refractivity contribution in [2.24, 2.45) is 0 Å². The van der Waals surface area contributed by atoms with E-state index in [0.717, 1.165) is 42.8 Å². The fraction of sp³-hybridized carbons (Fsp3) is 0.300. The first-order valence-corrected chi connectivity index (χ1v) is 8.81. The van der Waals surface area contributed by atoms with Gasteiger partial charge in [-0.15, -0.1) is 0 Å². The summed E-state index contributed by atoms with van der Waals surface area (Å²) in [6.45, 7) is 5.96. The second-order valence-corrected chi connectivity index (χ2v) is 6.70. The number of hydrogen-bond donors (Lipinski definition) is 1. The second kappa shape index (κ2) is 6.80. The van der Waals surface area contributed by atoms with E-state index in [0.29, 0.717) is 17.2 Å².